The van der Waals surface area contributed by atoms with Gasteiger partial charge in [-0.25, -0.2) is 0 Å². The van der Waals surface area contributed by atoms with Gasteiger partial charge < -0.3 is 4.74 Å². The summed E-state index contributed by atoms with van der Waals surface area (Å²) < 4.78 is 7.41. The Kier molecular flexibility index (Phi) is 6.51. The number of rotatable bonds is 2. The Morgan fingerprint density at radius 3 is 2.74 bits per heavy atom. The summed E-state index contributed by atoms with van der Waals surface area (Å²) in [5.41, 5.74) is 12.9. The SMILES string of the molecule is CC1(C)C2=C(CC(C3=CCCC4=C3OC3CC5CCC(C6=CC=C7C=CCCC7C6)CC5C5CCCC4C35)C=C2)c2ccccc21. The predicted octanol–water partition coefficient (Wildman–Crippen LogP) is 11.4. The van der Waals surface area contributed by atoms with Gasteiger partial charge >= 0.3 is 0 Å². The van der Waals surface area contributed by atoms with Crippen LogP contribution < -0.4 is 0 Å². The third kappa shape index (κ3) is 4.18. The second kappa shape index (κ2) is 10.6. The molecule has 0 N–H and O–H groups in total. The molecule has 1 aliphatic heterocycles. The molecule has 3 fully saturated rings. The molecular formula is C45H52O. The fraction of sp³-hybridized carbons (Fsp3) is 0.556. The highest BCUT2D eigenvalue weighted by molar-refractivity contribution is 5.83. The molecule has 3 saturated carbocycles. The van der Waals surface area contributed by atoms with Crippen molar-refractivity contribution in [1.29, 1.82) is 0 Å². The van der Waals surface area contributed by atoms with Crippen LogP contribution in [0.5, 0.6) is 0 Å². The summed E-state index contributed by atoms with van der Waals surface area (Å²) in [6.07, 6.45) is 35.3. The molecule has 0 bridgehead atoms. The zero-order chi connectivity index (χ0) is 30.6. The Balaban J connectivity index is 0.920. The van der Waals surface area contributed by atoms with Crippen LogP contribution in [0.3, 0.4) is 0 Å². The zero-order valence-corrected chi connectivity index (χ0v) is 28.1. The van der Waals surface area contributed by atoms with E-state index in [1.54, 1.807) is 27.9 Å². The van der Waals surface area contributed by atoms with Gasteiger partial charge in [0.1, 0.15) is 11.9 Å². The van der Waals surface area contributed by atoms with Crippen LogP contribution in [0.1, 0.15) is 108 Å². The molecule has 0 radical (unpaired) electrons. The van der Waals surface area contributed by atoms with Gasteiger partial charge in [0, 0.05) is 17.3 Å². The van der Waals surface area contributed by atoms with Crippen molar-refractivity contribution in [3.63, 3.8) is 0 Å². The Labute approximate surface area is 277 Å². The third-order valence-corrected chi connectivity index (χ3v) is 14.8. The molecule has 8 aliphatic carbocycles. The molecule has 1 nitrogen and oxygen atoms in total. The molecule has 9 unspecified atom stereocenters. The third-order valence-electron chi connectivity index (χ3n) is 14.8. The van der Waals surface area contributed by atoms with Gasteiger partial charge in [-0.05, 0) is 152 Å². The van der Waals surface area contributed by atoms with Crippen molar-refractivity contribution in [1.82, 2.24) is 0 Å². The van der Waals surface area contributed by atoms with Crippen LogP contribution >= 0.6 is 0 Å². The van der Waals surface area contributed by atoms with Crippen molar-refractivity contribution in [2.45, 2.75) is 109 Å². The lowest BCUT2D eigenvalue weighted by molar-refractivity contribution is -0.113. The van der Waals surface area contributed by atoms with Gasteiger partial charge in [0.15, 0.2) is 0 Å². The normalized spacial score (nSPS) is 39.9. The summed E-state index contributed by atoms with van der Waals surface area (Å²) in [5.74, 6) is 7.61. The van der Waals surface area contributed by atoms with E-state index in [-0.39, 0.29) is 5.41 Å². The van der Waals surface area contributed by atoms with Crippen LogP contribution in [0.4, 0.5) is 0 Å². The van der Waals surface area contributed by atoms with E-state index in [2.05, 4.69) is 80.6 Å². The van der Waals surface area contributed by atoms with Crippen molar-refractivity contribution >= 4 is 5.57 Å². The number of fused-ring (bicyclic) bond motifs is 6. The molecule has 1 heterocycles. The van der Waals surface area contributed by atoms with Crippen molar-refractivity contribution in [3.8, 4) is 0 Å². The maximum Gasteiger partial charge on any atom is 0.122 e. The second-order valence-electron chi connectivity index (χ2n) is 17.2. The van der Waals surface area contributed by atoms with Gasteiger partial charge in [0.05, 0.1) is 0 Å². The summed E-state index contributed by atoms with van der Waals surface area (Å²) >= 11 is 0. The Morgan fingerprint density at radius 2 is 1.78 bits per heavy atom. The summed E-state index contributed by atoms with van der Waals surface area (Å²) in [6.45, 7) is 4.83. The highest BCUT2D eigenvalue weighted by atomic mass is 16.5. The van der Waals surface area contributed by atoms with Gasteiger partial charge in [-0.3, -0.25) is 0 Å². The molecule has 1 aromatic rings. The van der Waals surface area contributed by atoms with Crippen LogP contribution in [0, 0.1) is 47.3 Å². The van der Waals surface area contributed by atoms with Crippen LogP contribution in [-0.4, -0.2) is 6.10 Å². The first-order chi connectivity index (χ1) is 22.5. The van der Waals surface area contributed by atoms with E-state index in [4.69, 9.17) is 4.74 Å². The Hall–Kier alpha value is -2.80. The van der Waals surface area contributed by atoms with E-state index in [0.717, 1.165) is 47.8 Å². The number of hydrogen-bond acceptors (Lipinski definition) is 1. The van der Waals surface area contributed by atoms with Crippen LogP contribution in [-0.2, 0) is 10.2 Å². The molecule has 9 aliphatic rings. The maximum absolute atomic E-state index is 7.41. The number of benzene rings is 1. The van der Waals surface area contributed by atoms with Crippen LogP contribution in [0.25, 0.3) is 5.57 Å². The standard InChI is InChI=1S/C45H52O/c1-45(2)40-16-6-5-11-34(40)39-25-31(21-22-41(39)45)33-12-7-15-37-35-13-8-14-36-38-24-30(29-18-17-27-9-3-4-10-28(27)23-29)19-20-32(38)26-42(43(35)36)46-44(33)37/h3,5-6,9,11-12,16-18,21-22,28,30-32,35-36,38,42-43H,4,7-8,10,13-15,19-20,23-26H2,1-2H3. The Morgan fingerprint density at radius 1 is 0.848 bits per heavy atom. The van der Waals surface area contributed by atoms with E-state index in [9.17, 15) is 0 Å². The molecular weight excluding hydrogens is 556 g/mol. The van der Waals surface area contributed by atoms with Crippen LogP contribution in [0.2, 0.25) is 0 Å². The molecule has 1 heteroatoms. The number of hydrogen-bond donors (Lipinski definition) is 0. The smallest absolute Gasteiger partial charge is 0.122 e. The first kappa shape index (κ1) is 28.2. The first-order valence-corrected chi connectivity index (χ1v) is 19.2. The highest BCUT2D eigenvalue weighted by Gasteiger charge is 2.55. The van der Waals surface area contributed by atoms with Gasteiger partial charge in [-0.15, -0.1) is 0 Å². The quantitative estimate of drug-likeness (QED) is 0.324. The fourth-order valence-electron chi connectivity index (χ4n) is 12.7. The van der Waals surface area contributed by atoms with E-state index >= 15 is 0 Å². The molecule has 0 saturated heterocycles. The predicted molar refractivity (Wildman–Crippen MR) is 189 cm³/mol. The average molecular weight is 609 g/mol. The molecule has 0 spiro atoms. The lowest BCUT2D eigenvalue weighted by Gasteiger charge is -2.58. The van der Waals surface area contributed by atoms with E-state index in [1.165, 1.54) is 99.5 Å². The topological polar surface area (TPSA) is 9.23 Å². The van der Waals surface area contributed by atoms with Gasteiger partial charge in [-0.2, -0.15) is 0 Å². The number of allylic oxidation sites excluding steroid dienone is 13. The molecule has 10 rings (SSSR count). The monoisotopic (exact) mass is 608 g/mol. The summed E-state index contributed by atoms with van der Waals surface area (Å²) in [6, 6.07) is 9.19. The fourth-order valence-corrected chi connectivity index (χ4v) is 12.7. The maximum atomic E-state index is 7.41. The van der Waals surface area contributed by atoms with E-state index in [0.29, 0.717) is 12.0 Å². The van der Waals surface area contributed by atoms with Gasteiger partial charge in [0.25, 0.3) is 0 Å². The summed E-state index contributed by atoms with van der Waals surface area (Å²) in [4.78, 5) is 0. The molecule has 0 amide bonds. The highest BCUT2D eigenvalue weighted by Crippen LogP contribution is 2.61. The zero-order valence-electron chi connectivity index (χ0n) is 28.1. The Bertz CT molecular complexity index is 1680. The number of ether oxygens (including phenoxy) is 1. The minimum Gasteiger partial charge on any atom is -0.490 e. The van der Waals surface area contributed by atoms with Crippen molar-refractivity contribution in [2.75, 3.05) is 0 Å². The first-order valence-electron chi connectivity index (χ1n) is 19.2. The van der Waals surface area contributed by atoms with Crippen molar-refractivity contribution < 1.29 is 4.74 Å². The molecule has 0 aromatic heterocycles. The van der Waals surface area contributed by atoms with E-state index in [1.807, 2.05) is 0 Å². The molecule has 9 atom stereocenters. The van der Waals surface area contributed by atoms with Crippen LogP contribution in [0.15, 0.2) is 100 Å². The van der Waals surface area contributed by atoms with Crippen molar-refractivity contribution in [2.24, 2.45) is 47.3 Å². The summed E-state index contributed by atoms with van der Waals surface area (Å²) in [7, 11) is 0. The lowest BCUT2D eigenvalue weighted by Crippen LogP contribution is -2.53. The largest absolute Gasteiger partial charge is 0.490 e. The average Bonchev–Trinajstić information content (AvgIpc) is 3.33. The van der Waals surface area contributed by atoms with E-state index < -0.39 is 0 Å². The molecule has 238 valence electrons. The van der Waals surface area contributed by atoms with Gasteiger partial charge in [0.2, 0.25) is 0 Å². The minimum atomic E-state index is 0.0997. The molecule has 46 heavy (non-hydrogen) atoms. The summed E-state index contributed by atoms with van der Waals surface area (Å²) in [5, 5.41) is 0. The second-order valence-corrected chi connectivity index (χ2v) is 17.2. The van der Waals surface area contributed by atoms with Crippen molar-refractivity contribution in [3.05, 3.63) is 112 Å². The van der Waals surface area contributed by atoms with Gasteiger partial charge in [-0.1, -0.05) is 92.6 Å². The lowest BCUT2D eigenvalue weighted by atomic mass is 9.51. The minimum absolute atomic E-state index is 0.0997. The molecule has 1 aromatic carbocycles.